The molecular formula is C37H60O8. The summed E-state index contributed by atoms with van der Waals surface area (Å²) in [6, 6.07) is 0. The zero-order valence-corrected chi connectivity index (χ0v) is 28.1. The van der Waals surface area contributed by atoms with Crippen LogP contribution in [0, 0.1) is 52.3 Å². The fraction of sp³-hybridized carbons (Fsp3) is 0.946. The summed E-state index contributed by atoms with van der Waals surface area (Å²) in [5.41, 5.74) is -1.23. The molecule has 0 spiro atoms. The molecule has 256 valence electrons. The molecule has 10 unspecified atom stereocenters. The topological polar surface area (TPSA) is 112 Å². The molecule has 6 aliphatic rings. The fourth-order valence-corrected chi connectivity index (χ4v) is 11.1. The van der Waals surface area contributed by atoms with E-state index in [1.54, 1.807) is 0 Å². The highest BCUT2D eigenvalue weighted by molar-refractivity contribution is 5.77. The number of rotatable bonds is 10. The van der Waals surface area contributed by atoms with Crippen molar-refractivity contribution in [1.29, 1.82) is 0 Å². The van der Waals surface area contributed by atoms with Gasteiger partial charge in [-0.25, -0.2) is 0 Å². The van der Waals surface area contributed by atoms with Crippen LogP contribution >= 0.6 is 0 Å². The van der Waals surface area contributed by atoms with Gasteiger partial charge < -0.3 is 29.2 Å². The van der Waals surface area contributed by atoms with Crippen molar-refractivity contribution < 1.29 is 38.7 Å². The van der Waals surface area contributed by atoms with E-state index < -0.39 is 23.0 Å². The van der Waals surface area contributed by atoms with Crippen molar-refractivity contribution in [3.8, 4) is 0 Å². The Morgan fingerprint density at radius 2 is 1.40 bits per heavy atom. The van der Waals surface area contributed by atoms with E-state index in [1.165, 1.54) is 25.7 Å². The SMILES string of the molecule is CCC1CC(C)CC(CCO)(C(=O)OCC2OC(C3CC4CCCC(C4)C3)OC2COC(=O)C2(C)CC3CC(O)CC(C3)C2)C1. The van der Waals surface area contributed by atoms with Gasteiger partial charge >= 0.3 is 11.9 Å². The molecular weight excluding hydrogens is 572 g/mol. The number of aliphatic hydroxyl groups excluding tert-OH is 2. The molecule has 0 aromatic rings. The van der Waals surface area contributed by atoms with E-state index in [1.807, 2.05) is 6.92 Å². The smallest absolute Gasteiger partial charge is 0.312 e. The van der Waals surface area contributed by atoms with Crippen molar-refractivity contribution in [1.82, 2.24) is 0 Å². The Bertz CT molecular complexity index is 1000. The fourth-order valence-electron chi connectivity index (χ4n) is 11.1. The van der Waals surface area contributed by atoms with Gasteiger partial charge in [0.2, 0.25) is 0 Å². The summed E-state index contributed by atoms with van der Waals surface area (Å²) in [6.07, 6.45) is 13.9. The lowest BCUT2D eigenvalue weighted by Crippen LogP contribution is -2.44. The molecule has 5 saturated carbocycles. The monoisotopic (exact) mass is 632 g/mol. The van der Waals surface area contributed by atoms with Gasteiger partial charge in [-0.05, 0) is 119 Å². The first-order valence-electron chi connectivity index (χ1n) is 18.5. The normalized spacial score (nSPS) is 46.4. The number of esters is 2. The zero-order chi connectivity index (χ0) is 31.8. The second-order valence-corrected chi connectivity index (χ2v) is 16.9. The van der Waals surface area contributed by atoms with E-state index in [9.17, 15) is 19.8 Å². The van der Waals surface area contributed by atoms with Gasteiger partial charge in [-0.1, -0.05) is 39.5 Å². The van der Waals surface area contributed by atoms with Crippen molar-refractivity contribution in [3.63, 3.8) is 0 Å². The van der Waals surface area contributed by atoms with E-state index in [2.05, 4.69) is 13.8 Å². The van der Waals surface area contributed by atoms with E-state index in [4.69, 9.17) is 18.9 Å². The number of hydrogen-bond donors (Lipinski definition) is 2. The summed E-state index contributed by atoms with van der Waals surface area (Å²) >= 11 is 0. The number of fused-ring (bicyclic) bond motifs is 4. The van der Waals surface area contributed by atoms with E-state index in [0.29, 0.717) is 36.0 Å². The highest BCUT2D eigenvalue weighted by Gasteiger charge is 2.50. The lowest BCUT2D eigenvalue weighted by Gasteiger charge is -2.45. The Kier molecular flexibility index (Phi) is 10.5. The van der Waals surface area contributed by atoms with Crippen molar-refractivity contribution in [3.05, 3.63) is 0 Å². The maximum atomic E-state index is 13.8. The molecule has 4 bridgehead atoms. The number of aliphatic hydroxyl groups is 2. The maximum absolute atomic E-state index is 13.8. The molecule has 6 rings (SSSR count). The van der Waals surface area contributed by atoms with Crippen LogP contribution in [0.5, 0.6) is 0 Å². The lowest BCUT2D eigenvalue weighted by atomic mass is 9.61. The Balaban J connectivity index is 1.12. The first-order chi connectivity index (χ1) is 21.6. The van der Waals surface area contributed by atoms with Gasteiger partial charge in [0.1, 0.15) is 25.4 Å². The summed E-state index contributed by atoms with van der Waals surface area (Å²) in [6.45, 7) is 6.51. The molecule has 1 aliphatic heterocycles. The number of ether oxygens (including phenoxy) is 4. The zero-order valence-electron chi connectivity index (χ0n) is 28.1. The molecule has 1 heterocycles. The van der Waals surface area contributed by atoms with Gasteiger partial charge in [0.05, 0.1) is 16.9 Å². The van der Waals surface area contributed by atoms with Crippen molar-refractivity contribution in [2.75, 3.05) is 19.8 Å². The Morgan fingerprint density at radius 3 is 2.00 bits per heavy atom. The Hall–Kier alpha value is -1.22. The molecule has 0 radical (unpaired) electrons. The van der Waals surface area contributed by atoms with E-state index in [0.717, 1.165) is 82.5 Å². The molecule has 0 amide bonds. The van der Waals surface area contributed by atoms with Crippen LogP contribution in [0.25, 0.3) is 0 Å². The second-order valence-electron chi connectivity index (χ2n) is 16.9. The van der Waals surface area contributed by atoms with Crippen LogP contribution in [0.15, 0.2) is 0 Å². The summed E-state index contributed by atoms with van der Waals surface area (Å²) in [4.78, 5) is 27.4. The predicted octanol–water partition coefficient (Wildman–Crippen LogP) is 6.19. The van der Waals surface area contributed by atoms with Gasteiger partial charge in [0, 0.05) is 12.5 Å². The number of hydrogen-bond acceptors (Lipinski definition) is 8. The quantitative estimate of drug-likeness (QED) is 0.274. The summed E-state index contributed by atoms with van der Waals surface area (Å²) < 4.78 is 25.3. The van der Waals surface area contributed by atoms with Crippen LogP contribution in [0.4, 0.5) is 0 Å². The highest BCUT2D eigenvalue weighted by Crippen LogP contribution is 2.50. The first kappa shape index (κ1) is 33.7. The van der Waals surface area contributed by atoms with Crippen molar-refractivity contribution >= 4 is 11.9 Å². The van der Waals surface area contributed by atoms with Crippen LogP contribution in [0.3, 0.4) is 0 Å². The van der Waals surface area contributed by atoms with Crippen molar-refractivity contribution in [2.45, 2.75) is 148 Å². The predicted molar refractivity (Wildman–Crippen MR) is 169 cm³/mol. The van der Waals surface area contributed by atoms with Gasteiger partial charge in [0.25, 0.3) is 0 Å². The average Bonchev–Trinajstić information content (AvgIpc) is 3.40. The van der Waals surface area contributed by atoms with Crippen LogP contribution in [0.1, 0.15) is 124 Å². The third-order valence-corrected chi connectivity index (χ3v) is 12.9. The van der Waals surface area contributed by atoms with Gasteiger partial charge in [-0.15, -0.1) is 0 Å². The largest absolute Gasteiger partial charge is 0.462 e. The molecule has 2 N–H and O–H groups in total. The minimum absolute atomic E-state index is 0.0363. The van der Waals surface area contributed by atoms with Crippen LogP contribution in [0.2, 0.25) is 0 Å². The molecule has 8 nitrogen and oxygen atoms in total. The van der Waals surface area contributed by atoms with Gasteiger partial charge in [-0.2, -0.15) is 0 Å². The molecule has 5 aliphatic carbocycles. The third-order valence-electron chi connectivity index (χ3n) is 12.9. The standard InChI is InChI=1S/C37H60O8/c1-4-24-10-23(2)17-37(20-24,8-9-38)35(41)43-22-32-31(44-33(45-32)29-13-25-6-5-7-26(11-25)14-29)21-42-34(40)36(3)18-27-12-28(19-36)16-30(39)15-27/h23-33,38-39H,4-22H2,1-3H3. The average molecular weight is 633 g/mol. The van der Waals surface area contributed by atoms with E-state index >= 15 is 0 Å². The molecule has 6 fully saturated rings. The molecule has 10 atom stereocenters. The number of carbonyl (C=O) groups excluding carboxylic acids is 2. The Labute approximate surface area is 270 Å². The maximum Gasteiger partial charge on any atom is 0.312 e. The Morgan fingerprint density at radius 1 is 0.800 bits per heavy atom. The first-order valence-corrected chi connectivity index (χ1v) is 18.5. The molecule has 1 saturated heterocycles. The van der Waals surface area contributed by atoms with Gasteiger partial charge in [0.15, 0.2) is 6.29 Å². The summed E-state index contributed by atoms with van der Waals surface area (Å²) in [5, 5.41) is 20.2. The molecule has 8 heteroatoms. The highest BCUT2D eigenvalue weighted by atomic mass is 16.7. The number of carbonyl (C=O) groups is 2. The molecule has 45 heavy (non-hydrogen) atoms. The second kappa shape index (κ2) is 14.1. The summed E-state index contributed by atoms with van der Waals surface area (Å²) in [7, 11) is 0. The van der Waals surface area contributed by atoms with Crippen LogP contribution < -0.4 is 0 Å². The van der Waals surface area contributed by atoms with Crippen LogP contribution in [-0.2, 0) is 28.5 Å². The van der Waals surface area contributed by atoms with Crippen molar-refractivity contribution in [2.24, 2.45) is 52.3 Å². The molecule has 0 aromatic heterocycles. The minimum Gasteiger partial charge on any atom is -0.462 e. The lowest BCUT2D eigenvalue weighted by molar-refractivity contribution is -0.168. The molecule has 0 aromatic carbocycles. The van der Waals surface area contributed by atoms with Crippen LogP contribution in [-0.4, -0.2) is 66.6 Å². The third kappa shape index (κ3) is 7.60. The summed E-state index contributed by atoms with van der Waals surface area (Å²) in [5.74, 6) is 2.91. The van der Waals surface area contributed by atoms with Gasteiger partial charge in [-0.3, -0.25) is 9.59 Å². The minimum atomic E-state index is -0.671. The van der Waals surface area contributed by atoms with E-state index in [-0.39, 0.29) is 44.2 Å².